The van der Waals surface area contributed by atoms with E-state index in [-0.39, 0.29) is 24.2 Å². The third-order valence-electron chi connectivity index (χ3n) is 7.15. The highest BCUT2D eigenvalue weighted by molar-refractivity contribution is 6.33. The molecule has 0 radical (unpaired) electrons. The van der Waals surface area contributed by atoms with Crippen molar-refractivity contribution in [3.8, 4) is 22.9 Å². The molecule has 1 aliphatic carbocycles. The summed E-state index contributed by atoms with van der Waals surface area (Å²) in [5.41, 5.74) is 1.94. The van der Waals surface area contributed by atoms with Crippen LogP contribution >= 0.6 is 11.6 Å². The van der Waals surface area contributed by atoms with Crippen molar-refractivity contribution in [1.82, 2.24) is 24.9 Å². The molecular weight excluding hydrogens is 518 g/mol. The second kappa shape index (κ2) is 9.52. The van der Waals surface area contributed by atoms with E-state index in [1.54, 1.807) is 49.1 Å². The van der Waals surface area contributed by atoms with Crippen molar-refractivity contribution in [1.29, 1.82) is 5.26 Å². The van der Waals surface area contributed by atoms with Crippen molar-refractivity contribution >= 4 is 28.8 Å². The third kappa shape index (κ3) is 4.87. The number of hydrogen-bond acceptors (Lipinski definition) is 8. The lowest BCUT2D eigenvalue weighted by Crippen LogP contribution is -2.35. The molecular formula is C28H26ClN7O3. The van der Waals surface area contributed by atoms with Gasteiger partial charge in [0.2, 0.25) is 0 Å². The second-order valence-electron chi connectivity index (χ2n) is 10.6. The zero-order valence-electron chi connectivity index (χ0n) is 21.4. The molecule has 198 valence electrons. The maximum atomic E-state index is 12.6. The number of piperidine rings is 1. The van der Waals surface area contributed by atoms with E-state index >= 15 is 0 Å². The highest BCUT2D eigenvalue weighted by atomic mass is 35.5. The lowest BCUT2D eigenvalue weighted by atomic mass is 10.1. The van der Waals surface area contributed by atoms with Crippen LogP contribution < -0.4 is 15.0 Å². The average molecular weight is 544 g/mol. The van der Waals surface area contributed by atoms with Gasteiger partial charge in [0.15, 0.2) is 0 Å². The van der Waals surface area contributed by atoms with Crippen molar-refractivity contribution in [2.75, 3.05) is 24.6 Å². The zero-order valence-corrected chi connectivity index (χ0v) is 22.1. The van der Waals surface area contributed by atoms with Crippen LogP contribution in [-0.2, 0) is 0 Å². The van der Waals surface area contributed by atoms with Gasteiger partial charge in [0.1, 0.15) is 29.9 Å². The minimum absolute atomic E-state index is 0.106. The summed E-state index contributed by atoms with van der Waals surface area (Å²) in [5, 5.41) is 27.4. The standard InChI is InChI=1S/C28H26ClN7O3/c1-28(2,38)15-39-18-8-19(26-17(9-30)11-33-36(26)12-18)16-5-6-23(32-10-16)35-13-20-21(14-35)24(20)34-27(37)25-22(29)4-3-7-31-25/h3-8,10-12,20-21,24,38H,13-15H2,1-2H3,(H,34,37)/t20-,21+,24-. The molecule has 2 N–H and O–H groups in total. The zero-order chi connectivity index (χ0) is 27.3. The van der Waals surface area contributed by atoms with Gasteiger partial charge in [-0.1, -0.05) is 11.6 Å². The number of ether oxygens (including phenoxy) is 1. The number of anilines is 1. The molecule has 1 saturated heterocycles. The van der Waals surface area contributed by atoms with E-state index in [1.165, 1.54) is 6.20 Å². The fourth-order valence-corrected chi connectivity index (χ4v) is 5.38. The Morgan fingerprint density at radius 1 is 1.26 bits per heavy atom. The predicted molar refractivity (Wildman–Crippen MR) is 145 cm³/mol. The first-order chi connectivity index (χ1) is 18.7. The highest BCUT2D eigenvalue weighted by Crippen LogP contribution is 2.46. The van der Waals surface area contributed by atoms with Crippen molar-refractivity contribution in [3.05, 3.63) is 71.4 Å². The summed E-state index contributed by atoms with van der Waals surface area (Å²) >= 11 is 6.11. The number of halogens is 1. The summed E-state index contributed by atoms with van der Waals surface area (Å²) in [5.74, 6) is 1.84. The molecule has 2 fully saturated rings. The van der Waals surface area contributed by atoms with E-state index in [1.807, 2.05) is 18.2 Å². The van der Waals surface area contributed by atoms with Gasteiger partial charge in [-0.2, -0.15) is 10.4 Å². The molecule has 11 heteroatoms. The van der Waals surface area contributed by atoms with Gasteiger partial charge in [0.05, 0.1) is 34.1 Å². The molecule has 0 spiro atoms. The average Bonchev–Trinajstić information content (AvgIpc) is 3.25. The highest BCUT2D eigenvalue weighted by Gasteiger charge is 2.56. The molecule has 0 bridgehead atoms. The number of aliphatic hydroxyl groups is 1. The number of fused-ring (bicyclic) bond motifs is 2. The summed E-state index contributed by atoms with van der Waals surface area (Å²) in [6, 6.07) is 11.4. The molecule has 4 aromatic heterocycles. The third-order valence-corrected chi connectivity index (χ3v) is 7.45. The van der Waals surface area contributed by atoms with E-state index in [0.29, 0.717) is 33.7 Å². The maximum Gasteiger partial charge on any atom is 0.271 e. The summed E-state index contributed by atoms with van der Waals surface area (Å²) in [7, 11) is 0. The first-order valence-corrected chi connectivity index (χ1v) is 13.0. The Hall–Kier alpha value is -4.20. The molecule has 4 aromatic rings. The number of hydrogen-bond donors (Lipinski definition) is 2. The van der Waals surface area contributed by atoms with Gasteiger partial charge in [0, 0.05) is 54.5 Å². The van der Waals surface area contributed by atoms with Gasteiger partial charge < -0.3 is 20.1 Å². The molecule has 1 amide bonds. The number of nitrogens with one attached hydrogen (secondary N) is 1. The van der Waals surface area contributed by atoms with Crippen LogP contribution in [0.4, 0.5) is 5.82 Å². The number of pyridine rings is 3. The molecule has 6 rings (SSSR count). The Morgan fingerprint density at radius 3 is 2.72 bits per heavy atom. The van der Waals surface area contributed by atoms with Crippen LogP contribution in [-0.4, -0.2) is 61.9 Å². The Morgan fingerprint density at radius 2 is 2.05 bits per heavy atom. The minimum Gasteiger partial charge on any atom is -0.489 e. The Bertz CT molecular complexity index is 1590. The minimum atomic E-state index is -0.996. The first kappa shape index (κ1) is 25.1. The van der Waals surface area contributed by atoms with Crippen LogP contribution in [0.5, 0.6) is 5.75 Å². The van der Waals surface area contributed by atoms with Gasteiger partial charge in [-0.05, 0) is 44.2 Å². The van der Waals surface area contributed by atoms with Crippen LogP contribution in [0.3, 0.4) is 0 Å². The fourth-order valence-electron chi connectivity index (χ4n) is 5.17. The van der Waals surface area contributed by atoms with Gasteiger partial charge in [0.25, 0.3) is 5.91 Å². The van der Waals surface area contributed by atoms with Crippen molar-refractivity contribution < 1.29 is 14.6 Å². The SMILES string of the molecule is CC(C)(O)COc1cc(-c2ccc(N3C[C@@H]4[C@H](C3)[C@@H]4NC(=O)c3ncccc3Cl)nc2)c2c(C#N)cnn2c1. The Labute approximate surface area is 229 Å². The topological polar surface area (TPSA) is 129 Å². The van der Waals surface area contributed by atoms with Crippen LogP contribution in [0.15, 0.2) is 55.1 Å². The number of rotatable bonds is 7. The lowest BCUT2D eigenvalue weighted by Gasteiger charge is -2.21. The monoisotopic (exact) mass is 543 g/mol. The molecule has 10 nitrogen and oxygen atoms in total. The van der Waals surface area contributed by atoms with Gasteiger partial charge in [-0.3, -0.25) is 4.79 Å². The quantitative estimate of drug-likeness (QED) is 0.363. The van der Waals surface area contributed by atoms with Gasteiger partial charge in [-0.25, -0.2) is 14.5 Å². The number of nitriles is 1. The lowest BCUT2D eigenvalue weighted by molar-refractivity contribution is 0.0283. The summed E-state index contributed by atoms with van der Waals surface area (Å²) < 4.78 is 7.43. The molecule has 1 aliphatic heterocycles. The Balaban J connectivity index is 1.17. The van der Waals surface area contributed by atoms with Crippen LogP contribution in [0, 0.1) is 23.2 Å². The van der Waals surface area contributed by atoms with Crippen LogP contribution in [0.1, 0.15) is 29.9 Å². The van der Waals surface area contributed by atoms with E-state index in [0.717, 1.165) is 30.0 Å². The van der Waals surface area contributed by atoms with Crippen molar-refractivity contribution in [2.45, 2.75) is 25.5 Å². The Kier molecular flexibility index (Phi) is 6.13. The second-order valence-corrected chi connectivity index (χ2v) is 11.0. The number of aromatic nitrogens is 4. The molecule has 2 aliphatic rings. The van der Waals surface area contributed by atoms with E-state index in [4.69, 9.17) is 21.3 Å². The summed E-state index contributed by atoms with van der Waals surface area (Å²) in [6.45, 7) is 5.04. The van der Waals surface area contributed by atoms with Crippen molar-refractivity contribution in [3.63, 3.8) is 0 Å². The molecule has 1 saturated carbocycles. The smallest absolute Gasteiger partial charge is 0.271 e. The number of carbonyl (C=O) groups excluding carboxylic acids is 1. The summed E-state index contributed by atoms with van der Waals surface area (Å²) in [6.07, 6.45) is 6.56. The summed E-state index contributed by atoms with van der Waals surface area (Å²) in [4.78, 5) is 23.6. The van der Waals surface area contributed by atoms with E-state index in [9.17, 15) is 15.2 Å². The molecule has 5 heterocycles. The molecule has 39 heavy (non-hydrogen) atoms. The largest absolute Gasteiger partial charge is 0.489 e. The van der Waals surface area contributed by atoms with E-state index in [2.05, 4.69) is 26.4 Å². The number of amides is 1. The number of carbonyl (C=O) groups is 1. The fraction of sp³-hybridized carbons (Fsp3) is 0.321. The van der Waals surface area contributed by atoms with Crippen molar-refractivity contribution in [2.24, 2.45) is 11.8 Å². The maximum absolute atomic E-state index is 12.6. The number of nitrogens with zero attached hydrogens (tertiary/aromatic N) is 6. The van der Waals surface area contributed by atoms with E-state index < -0.39 is 5.60 Å². The van der Waals surface area contributed by atoms with Gasteiger partial charge >= 0.3 is 0 Å². The predicted octanol–water partition coefficient (Wildman–Crippen LogP) is 3.33. The molecule has 0 aromatic carbocycles. The van der Waals surface area contributed by atoms with Crippen LogP contribution in [0.2, 0.25) is 5.02 Å². The first-order valence-electron chi connectivity index (χ1n) is 12.6. The normalized spacial score (nSPS) is 20.0. The molecule has 0 unspecified atom stereocenters. The van der Waals surface area contributed by atoms with Gasteiger partial charge in [-0.15, -0.1) is 0 Å². The van der Waals surface area contributed by atoms with Crippen LogP contribution in [0.25, 0.3) is 16.6 Å². The molecule has 3 atom stereocenters.